The minimum absolute atomic E-state index is 0. The first-order valence-electron chi connectivity index (χ1n) is 7.29. The topological polar surface area (TPSA) is 93.4 Å². The quantitative estimate of drug-likeness (QED) is 0.667. The molecule has 7 heteroatoms. The Morgan fingerprint density at radius 2 is 2.00 bits per heavy atom. The summed E-state index contributed by atoms with van der Waals surface area (Å²) in [5.74, 6) is -0.142. The van der Waals surface area contributed by atoms with Crippen molar-refractivity contribution in [1.82, 2.24) is 10.6 Å². The van der Waals surface area contributed by atoms with E-state index < -0.39 is 6.04 Å². The van der Waals surface area contributed by atoms with E-state index in [4.69, 9.17) is 10.5 Å². The molecular formula is C14H28ClN3O3. The van der Waals surface area contributed by atoms with Gasteiger partial charge >= 0.3 is 0 Å². The van der Waals surface area contributed by atoms with E-state index >= 15 is 0 Å². The lowest BCUT2D eigenvalue weighted by atomic mass is 9.85. The van der Waals surface area contributed by atoms with Crippen molar-refractivity contribution in [3.8, 4) is 0 Å². The molecule has 124 valence electrons. The van der Waals surface area contributed by atoms with Crippen LogP contribution in [0.25, 0.3) is 0 Å². The first kappa shape index (κ1) is 20.1. The number of carbonyl (C=O) groups is 2. The first-order valence-corrected chi connectivity index (χ1v) is 7.29. The Labute approximate surface area is 133 Å². The summed E-state index contributed by atoms with van der Waals surface area (Å²) in [7, 11) is 1.51. The Morgan fingerprint density at radius 3 is 2.57 bits per heavy atom. The van der Waals surface area contributed by atoms with Gasteiger partial charge in [-0.3, -0.25) is 9.59 Å². The van der Waals surface area contributed by atoms with Crippen LogP contribution in [-0.4, -0.2) is 43.7 Å². The molecule has 0 aromatic heterocycles. The van der Waals surface area contributed by atoms with Crippen molar-refractivity contribution in [1.29, 1.82) is 0 Å². The summed E-state index contributed by atoms with van der Waals surface area (Å²) in [5, 5.41) is 5.85. The van der Waals surface area contributed by atoms with Gasteiger partial charge in [0.05, 0.1) is 6.61 Å². The van der Waals surface area contributed by atoms with Crippen molar-refractivity contribution in [3.63, 3.8) is 0 Å². The van der Waals surface area contributed by atoms with Gasteiger partial charge in [0.15, 0.2) is 0 Å². The molecule has 4 N–H and O–H groups in total. The number of rotatable bonds is 6. The van der Waals surface area contributed by atoms with Gasteiger partial charge in [0.1, 0.15) is 6.04 Å². The Kier molecular flexibility index (Phi) is 9.57. The van der Waals surface area contributed by atoms with Gasteiger partial charge in [0.25, 0.3) is 0 Å². The molecule has 21 heavy (non-hydrogen) atoms. The third kappa shape index (κ3) is 7.11. The van der Waals surface area contributed by atoms with Crippen molar-refractivity contribution in [2.45, 2.75) is 57.7 Å². The molecule has 1 saturated carbocycles. The second-order valence-electron chi connectivity index (χ2n) is 5.79. The van der Waals surface area contributed by atoms with Gasteiger partial charge in [-0.25, -0.2) is 0 Å². The molecule has 0 spiro atoms. The number of carbonyl (C=O) groups excluding carboxylic acids is 2. The lowest BCUT2D eigenvalue weighted by molar-refractivity contribution is -0.128. The highest BCUT2D eigenvalue weighted by molar-refractivity contribution is 5.85. The molecule has 1 rings (SSSR count). The highest BCUT2D eigenvalue weighted by atomic mass is 35.5. The lowest BCUT2D eigenvalue weighted by Gasteiger charge is -2.30. The molecule has 0 bridgehead atoms. The molecule has 0 aromatic carbocycles. The molecule has 1 aliphatic rings. The Hall–Kier alpha value is -0.850. The van der Waals surface area contributed by atoms with Crippen molar-refractivity contribution in [2.24, 2.45) is 11.7 Å². The largest absolute Gasteiger partial charge is 0.383 e. The van der Waals surface area contributed by atoms with E-state index in [9.17, 15) is 9.59 Å². The summed E-state index contributed by atoms with van der Waals surface area (Å²) in [6.07, 6.45) is 3.41. The second kappa shape index (κ2) is 9.97. The minimum Gasteiger partial charge on any atom is -0.383 e. The number of hydrogen-bond acceptors (Lipinski definition) is 4. The summed E-state index contributed by atoms with van der Waals surface area (Å²) in [6, 6.07) is -0.473. The van der Waals surface area contributed by atoms with Crippen LogP contribution in [0.15, 0.2) is 0 Å². The molecule has 1 aliphatic carbocycles. The number of nitrogens with one attached hydrogen (secondary N) is 2. The van der Waals surface area contributed by atoms with Crippen LogP contribution < -0.4 is 16.4 Å². The molecule has 2 amide bonds. The van der Waals surface area contributed by atoms with Crippen LogP contribution in [0, 0.1) is 5.92 Å². The number of halogens is 1. The highest BCUT2D eigenvalue weighted by Crippen LogP contribution is 2.24. The number of methoxy groups -OCH3 is 1. The molecule has 0 aliphatic heterocycles. The van der Waals surface area contributed by atoms with Crippen LogP contribution in [0.1, 0.15) is 39.5 Å². The van der Waals surface area contributed by atoms with Crippen LogP contribution >= 0.6 is 12.4 Å². The van der Waals surface area contributed by atoms with Crippen molar-refractivity contribution >= 4 is 24.2 Å². The van der Waals surface area contributed by atoms with Gasteiger partial charge in [-0.05, 0) is 33.1 Å². The van der Waals surface area contributed by atoms with Gasteiger partial charge in [-0.2, -0.15) is 0 Å². The Morgan fingerprint density at radius 1 is 1.33 bits per heavy atom. The fourth-order valence-corrected chi connectivity index (χ4v) is 2.52. The van der Waals surface area contributed by atoms with Gasteiger partial charge < -0.3 is 21.1 Å². The summed E-state index contributed by atoms with van der Waals surface area (Å²) in [5.41, 5.74) is 5.69. The third-order valence-electron chi connectivity index (χ3n) is 3.51. The third-order valence-corrected chi connectivity index (χ3v) is 3.51. The van der Waals surface area contributed by atoms with Crippen LogP contribution in [0.5, 0.6) is 0 Å². The van der Waals surface area contributed by atoms with E-state index in [1.807, 2.05) is 13.8 Å². The maximum absolute atomic E-state index is 12.0. The molecular weight excluding hydrogens is 294 g/mol. The highest BCUT2D eigenvalue weighted by Gasteiger charge is 2.29. The number of ether oxygens (including phenoxy) is 1. The van der Waals surface area contributed by atoms with E-state index in [0.717, 1.165) is 19.3 Å². The maximum Gasteiger partial charge on any atom is 0.239 e. The second-order valence-corrected chi connectivity index (χ2v) is 5.79. The average molecular weight is 322 g/mol. The van der Waals surface area contributed by atoms with Gasteiger partial charge in [0, 0.05) is 25.1 Å². The van der Waals surface area contributed by atoms with Crippen LogP contribution in [0.4, 0.5) is 0 Å². The average Bonchev–Trinajstić information content (AvgIpc) is 2.38. The normalized spacial score (nSPS) is 23.1. The predicted molar refractivity (Wildman–Crippen MR) is 84.3 cm³/mol. The lowest BCUT2D eigenvalue weighted by Crippen LogP contribution is -2.49. The molecule has 3 unspecified atom stereocenters. The van der Waals surface area contributed by atoms with Crippen LogP contribution in [0.2, 0.25) is 0 Å². The molecule has 0 aromatic rings. The van der Waals surface area contributed by atoms with Crippen LogP contribution in [0.3, 0.4) is 0 Å². The zero-order chi connectivity index (χ0) is 15.1. The van der Waals surface area contributed by atoms with E-state index in [1.54, 1.807) is 0 Å². The standard InChI is InChI=1S/C14H27N3O3.ClH/c1-9(2)16-13(18)10-5-4-6-11(7-10)17-14(19)12(15)8-20-3;/h9-12H,4-8,15H2,1-3H3,(H,16,18)(H,17,19);1H. The summed E-state index contributed by atoms with van der Waals surface area (Å²) in [6.45, 7) is 4.10. The van der Waals surface area contributed by atoms with Crippen molar-refractivity contribution < 1.29 is 14.3 Å². The molecule has 0 radical (unpaired) electrons. The first-order chi connectivity index (χ1) is 9.43. The zero-order valence-corrected chi connectivity index (χ0v) is 13.9. The minimum atomic E-state index is -0.648. The van der Waals surface area contributed by atoms with E-state index in [-0.39, 0.29) is 48.8 Å². The summed E-state index contributed by atoms with van der Waals surface area (Å²) in [4.78, 5) is 23.8. The Bertz CT molecular complexity index is 339. The van der Waals surface area contributed by atoms with Gasteiger partial charge in [-0.15, -0.1) is 12.4 Å². The van der Waals surface area contributed by atoms with Crippen LogP contribution in [-0.2, 0) is 14.3 Å². The molecule has 0 heterocycles. The van der Waals surface area contributed by atoms with Crippen molar-refractivity contribution in [3.05, 3.63) is 0 Å². The van der Waals surface area contributed by atoms with E-state index in [1.165, 1.54) is 7.11 Å². The molecule has 1 fully saturated rings. The van der Waals surface area contributed by atoms with Gasteiger partial charge in [-0.1, -0.05) is 6.42 Å². The smallest absolute Gasteiger partial charge is 0.239 e. The fraction of sp³-hybridized carbons (Fsp3) is 0.857. The van der Waals surface area contributed by atoms with Crippen molar-refractivity contribution in [2.75, 3.05) is 13.7 Å². The van der Waals surface area contributed by atoms with E-state index in [2.05, 4.69) is 10.6 Å². The van der Waals surface area contributed by atoms with Gasteiger partial charge in [0.2, 0.25) is 11.8 Å². The number of nitrogens with two attached hydrogens (primary N) is 1. The monoisotopic (exact) mass is 321 g/mol. The zero-order valence-electron chi connectivity index (χ0n) is 13.1. The predicted octanol–water partition coefficient (Wildman–Crippen LogP) is 0.582. The maximum atomic E-state index is 12.0. The summed E-state index contributed by atoms with van der Waals surface area (Å²) < 4.78 is 4.87. The SMILES string of the molecule is COCC(N)C(=O)NC1CCCC(C(=O)NC(C)C)C1.Cl. The summed E-state index contributed by atoms with van der Waals surface area (Å²) >= 11 is 0. The molecule has 6 nitrogen and oxygen atoms in total. The fourth-order valence-electron chi connectivity index (χ4n) is 2.52. The Balaban J connectivity index is 0.00000400. The number of hydrogen-bond donors (Lipinski definition) is 3. The van der Waals surface area contributed by atoms with E-state index in [0.29, 0.717) is 6.42 Å². The molecule has 3 atom stereocenters. The molecule has 0 saturated heterocycles. The number of amides is 2.